The summed E-state index contributed by atoms with van der Waals surface area (Å²) in [5.74, 6) is -0.237. The van der Waals surface area contributed by atoms with E-state index in [0.717, 1.165) is 17.7 Å². The molecule has 0 aliphatic carbocycles. The third-order valence-corrected chi connectivity index (χ3v) is 3.48. The van der Waals surface area contributed by atoms with Gasteiger partial charge in [-0.05, 0) is 44.2 Å². The van der Waals surface area contributed by atoms with Crippen molar-refractivity contribution in [3.05, 3.63) is 58.6 Å². The summed E-state index contributed by atoms with van der Waals surface area (Å²) in [6.07, 6.45) is -5.60. The molecular weight excluding hydrogens is 343 g/mol. The molecule has 3 nitrogen and oxygen atoms in total. The molecule has 0 spiro atoms. The number of carbonyl (C=O) groups is 1. The van der Waals surface area contributed by atoms with Crippen LogP contribution in [0.25, 0.3) is 0 Å². The van der Waals surface area contributed by atoms with Crippen LogP contribution in [0.4, 0.5) is 18.9 Å². The molecule has 0 saturated heterocycles. The topological polar surface area (TPSA) is 38.3 Å². The Labute approximate surface area is 142 Å². The van der Waals surface area contributed by atoms with E-state index in [9.17, 15) is 18.0 Å². The first-order valence-corrected chi connectivity index (χ1v) is 7.45. The van der Waals surface area contributed by atoms with Crippen LogP contribution in [0.15, 0.2) is 42.5 Å². The molecule has 7 heteroatoms. The Bertz CT molecular complexity index is 730. The predicted molar refractivity (Wildman–Crippen MR) is 86.4 cm³/mol. The normalized spacial score (nSPS) is 12.6. The Morgan fingerprint density at radius 3 is 2.38 bits per heavy atom. The number of anilines is 1. The molecule has 0 saturated carbocycles. The summed E-state index contributed by atoms with van der Waals surface area (Å²) in [6, 6.07) is 10.1. The SMILES string of the molecule is Cc1ccc(O[C@@H](C)C(=O)Nc2ccc(Cl)cc2C(F)(F)F)cc1. The van der Waals surface area contributed by atoms with Gasteiger partial charge in [-0.25, -0.2) is 0 Å². The minimum atomic E-state index is -4.63. The monoisotopic (exact) mass is 357 g/mol. The van der Waals surface area contributed by atoms with Gasteiger partial charge in [-0.2, -0.15) is 13.2 Å². The van der Waals surface area contributed by atoms with Crippen LogP contribution in [0.1, 0.15) is 18.1 Å². The van der Waals surface area contributed by atoms with Crippen LogP contribution in [0.2, 0.25) is 5.02 Å². The highest BCUT2D eigenvalue weighted by molar-refractivity contribution is 6.30. The van der Waals surface area contributed by atoms with Crippen LogP contribution < -0.4 is 10.1 Å². The summed E-state index contributed by atoms with van der Waals surface area (Å²) in [5, 5.41) is 2.17. The van der Waals surface area contributed by atoms with Gasteiger partial charge >= 0.3 is 6.18 Å². The first kappa shape index (κ1) is 18.1. The second-order valence-electron chi connectivity index (χ2n) is 5.25. The van der Waals surface area contributed by atoms with Crippen molar-refractivity contribution in [3.63, 3.8) is 0 Å². The average Bonchev–Trinajstić information content (AvgIpc) is 2.50. The number of benzene rings is 2. The zero-order valence-corrected chi connectivity index (χ0v) is 13.7. The molecule has 1 amide bonds. The maximum Gasteiger partial charge on any atom is 0.418 e. The number of amides is 1. The summed E-state index contributed by atoms with van der Waals surface area (Å²) in [7, 11) is 0. The number of hydrogen-bond acceptors (Lipinski definition) is 2. The van der Waals surface area contributed by atoms with Crippen LogP contribution in [-0.2, 0) is 11.0 Å². The van der Waals surface area contributed by atoms with Gasteiger partial charge in [0.05, 0.1) is 11.3 Å². The van der Waals surface area contributed by atoms with Gasteiger partial charge < -0.3 is 10.1 Å². The van der Waals surface area contributed by atoms with E-state index in [1.54, 1.807) is 24.3 Å². The summed E-state index contributed by atoms with van der Waals surface area (Å²) < 4.78 is 44.5. The molecule has 128 valence electrons. The van der Waals surface area contributed by atoms with E-state index in [1.165, 1.54) is 13.0 Å². The Hall–Kier alpha value is -2.21. The molecule has 2 rings (SSSR count). The number of aryl methyl sites for hydroxylation is 1. The number of alkyl halides is 3. The fraction of sp³-hybridized carbons (Fsp3) is 0.235. The summed E-state index contributed by atoms with van der Waals surface area (Å²) in [4.78, 5) is 12.1. The Morgan fingerprint density at radius 1 is 1.17 bits per heavy atom. The molecule has 0 fully saturated rings. The van der Waals surface area contributed by atoms with E-state index in [0.29, 0.717) is 5.75 Å². The van der Waals surface area contributed by atoms with Crippen molar-refractivity contribution in [2.24, 2.45) is 0 Å². The molecule has 24 heavy (non-hydrogen) atoms. The standard InChI is InChI=1S/C17H15ClF3NO2/c1-10-3-6-13(7-4-10)24-11(2)16(23)22-15-8-5-12(18)9-14(15)17(19,20)21/h3-9,11H,1-2H3,(H,22,23)/t11-/m0/s1. The number of carbonyl (C=O) groups excluding carboxylic acids is 1. The van der Waals surface area contributed by atoms with Gasteiger partial charge in [0, 0.05) is 5.02 Å². The first-order chi connectivity index (χ1) is 11.2. The van der Waals surface area contributed by atoms with Gasteiger partial charge in [-0.3, -0.25) is 4.79 Å². The summed E-state index contributed by atoms with van der Waals surface area (Å²) in [6.45, 7) is 3.36. The molecule has 0 radical (unpaired) electrons. The lowest BCUT2D eigenvalue weighted by molar-refractivity contribution is -0.137. The van der Waals surface area contributed by atoms with Crippen LogP contribution >= 0.6 is 11.6 Å². The maximum absolute atomic E-state index is 13.0. The fourth-order valence-electron chi connectivity index (χ4n) is 1.97. The third kappa shape index (κ3) is 4.64. The van der Waals surface area contributed by atoms with Gasteiger partial charge in [0.15, 0.2) is 6.10 Å². The number of ether oxygens (including phenoxy) is 1. The largest absolute Gasteiger partial charge is 0.481 e. The Kier molecular flexibility index (Phi) is 5.39. The molecule has 0 aliphatic heterocycles. The maximum atomic E-state index is 13.0. The van der Waals surface area contributed by atoms with Crippen LogP contribution in [0.5, 0.6) is 5.75 Å². The lowest BCUT2D eigenvalue weighted by Crippen LogP contribution is -2.31. The Balaban J connectivity index is 2.13. The average molecular weight is 358 g/mol. The lowest BCUT2D eigenvalue weighted by Gasteiger charge is -2.18. The van der Waals surface area contributed by atoms with Crippen molar-refractivity contribution in [1.29, 1.82) is 0 Å². The van der Waals surface area contributed by atoms with Gasteiger partial charge in [0.25, 0.3) is 5.91 Å². The van der Waals surface area contributed by atoms with Crippen molar-refractivity contribution in [1.82, 2.24) is 0 Å². The summed E-state index contributed by atoms with van der Waals surface area (Å²) >= 11 is 5.60. The molecule has 0 aromatic heterocycles. The van der Waals surface area contributed by atoms with Crippen molar-refractivity contribution < 1.29 is 22.7 Å². The van der Waals surface area contributed by atoms with Gasteiger partial charge in [-0.15, -0.1) is 0 Å². The van der Waals surface area contributed by atoms with Crippen molar-refractivity contribution in [2.45, 2.75) is 26.1 Å². The van der Waals surface area contributed by atoms with E-state index in [1.807, 2.05) is 6.92 Å². The van der Waals surface area contributed by atoms with E-state index in [4.69, 9.17) is 16.3 Å². The van der Waals surface area contributed by atoms with Crippen LogP contribution in [0.3, 0.4) is 0 Å². The zero-order chi connectivity index (χ0) is 17.9. The predicted octanol–water partition coefficient (Wildman–Crippen LogP) is 5.07. The molecule has 1 N–H and O–H groups in total. The molecule has 0 bridgehead atoms. The number of rotatable bonds is 4. The molecule has 0 aliphatic rings. The van der Waals surface area contributed by atoms with Gasteiger partial charge in [-0.1, -0.05) is 29.3 Å². The number of halogens is 4. The Morgan fingerprint density at radius 2 is 1.79 bits per heavy atom. The number of nitrogens with one attached hydrogen (secondary N) is 1. The highest BCUT2D eigenvalue weighted by Gasteiger charge is 2.34. The minimum Gasteiger partial charge on any atom is -0.481 e. The summed E-state index contributed by atoms with van der Waals surface area (Å²) in [5.41, 5.74) is -0.349. The lowest BCUT2D eigenvalue weighted by atomic mass is 10.1. The molecule has 0 unspecified atom stereocenters. The fourth-order valence-corrected chi connectivity index (χ4v) is 2.14. The zero-order valence-electron chi connectivity index (χ0n) is 12.9. The van der Waals surface area contributed by atoms with Gasteiger partial charge in [0.2, 0.25) is 0 Å². The quantitative estimate of drug-likeness (QED) is 0.829. The molecule has 0 heterocycles. The molecule has 1 atom stereocenters. The van der Waals surface area contributed by atoms with Crippen LogP contribution in [0, 0.1) is 6.92 Å². The van der Waals surface area contributed by atoms with E-state index in [-0.39, 0.29) is 10.7 Å². The van der Waals surface area contributed by atoms with E-state index in [2.05, 4.69) is 5.32 Å². The number of hydrogen-bond donors (Lipinski definition) is 1. The second kappa shape index (κ2) is 7.13. The molecular formula is C17H15ClF3NO2. The van der Waals surface area contributed by atoms with E-state index >= 15 is 0 Å². The van der Waals surface area contributed by atoms with Crippen molar-refractivity contribution >= 4 is 23.2 Å². The second-order valence-corrected chi connectivity index (χ2v) is 5.69. The smallest absolute Gasteiger partial charge is 0.418 e. The first-order valence-electron chi connectivity index (χ1n) is 7.08. The van der Waals surface area contributed by atoms with Crippen molar-refractivity contribution in [3.8, 4) is 5.75 Å². The highest BCUT2D eigenvalue weighted by Crippen LogP contribution is 2.36. The van der Waals surface area contributed by atoms with Crippen LogP contribution in [-0.4, -0.2) is 12.0 Å². The van der Waals surface area contributed by atoms with Crippen molar-refractivity contribution in [2.75, 3.05) is 5.32 Å². The van der Waals surface area contributed by atoms with E-state index < -0.39 is 23.8 Å². The molecule has 2 aromatic rings. The minimum absolute atomic E-state index is 0.0655. The highest BCUT2D eigenvalue weighted by atomic mass is 35.5. The third-order valence-electron chi connectivity index (χ3n) is 3.25. The van der Waals surface area contributed by atoms with Gasteiger partial charge in [0.1, 0.15) is 5.75 Å². The molecule has 2 aromatic carbocycles.